The zero-order valence-electron chi connectivity index (χ0n) is 15.4. The van der Waals surface area contributed by atoms with Crippen molar-refractivity contribution in [2.75, 3.05) is 0 Å². The number of fused-ring (bicyclic) bond motifs is 2. The minimum absolute atomic E-state index is 0.716. The number of hydrogen-bond donors (Lipinski definition) is 0. The molecule has 0 spiro atoms. The lowest BCUT2D eigenvalue weighted by atomic mass is 10.1. The van der Waals surface area contributed by atoms with E-state index >= 15 is 0 Å². The topological polar surface area (TPSA) is 50.5 Å². The molecule has 0 aliphatic heterocycles. The van der Waals surface area contributed by atoms with Crippen molar-refractivity contribution in [2.24, 2.45) is 9.98 Å². The lowest BCUT2D eigenvalue weighted by Gasteiger charge is -2.06. The molecular formula is C23H20N4. The fraction of sp³-hybridized carbons (Fsp3) is 0.130. The average Bonchev–Trinajstić information content (AvgIpc) is 2.68. The standard InChI is InChI=1S/C23H20N4/c1-16(26-22-11-13-24-20-9-5-3-7-18(20)22)15-17(2)27-23-12-14-25-21-10-6-4-8-19(21)23/h3-14H,15H2,1-2H3. The second kappa shape index (κ2) is 7.46. The predicted molar refractivity (Wildman–Crippen MR) is 114 cm³/mol. The molecule has 4 rings (SSSR count). The van der Waals surface area contributed by atoms with Crippen LogP contribution in [0.1, 0.15) is 20.3 Å². The third-order valence-corrected chi connectivity index (χ3v) is 4.39. The van der Waals surface area contributed by atoms with Crippen molar-refractivity contribution in [1.82, 2.24) is 9.97 Å². The van der Waals surface area contributed by atoms with Gasteiger partial charge in [0.05, 0.1) is 22.4 Å². The second-order valence-corrected chi connectivity index (χ2v) is 6.57. The van der Waals surface area contributed by atoms with Crippen molar-refractivity contribution in [2.45, 2.75) is 20.3 Å². The van der Waals surface area contributed by atoms with Gasteiger partial charge in [0.15, 0.2) is 0 Å². The van der Waals surface area contributed by atoms with Crippen LogP contribution in [0.2, 0.25) is 0 Å². The molecule has 4 heteroatoms. The minimum atomic E-state index is 0.716. The Morgan fingerprint density at radius 2 is 1.11 bits per heavy atom. The molecule has 0 radical (unpaired) electrons. The van der Waals surface area contributed by atoms with E-state index in [4.69, 9.17) is 9.98 Å². The van der Waals surface area contributed by atoms with Gasteiger partial charge in [-0.3, -0.25) is 20.0 Å². The number of para-hydroxylation sites is 2. The Hall–Kier alpha value is -3.40. The molecule has 132 valence electrons. The molecule has 0 N–H and O–H groups in total. The fourth-order valence-corrected chi connectivity index (χ4v) is 3.22. The van der Waals surface area contributed by atoms with Crippen LogP contribution in [0, 0.1) is 0 Å². The lowest BCUT2D eigenvalue weighted by Crippen LogP contribution is -2.00. The summed E-state index contributed by atoms with van der Waals surface area (Å²) < 4.78 is 0. The maximum absolute atomic E-state index is 4.81. The maximum Gasteiger partial charge on any atom is 0.0738 e. The van der Waals surface area contributed by atoms with E-state index in [-0.39, 0.29) is 0 Å². The highest BCUT2D eigenvalue weighted by Gasteiger charge is 2.04. The average molecular weight is 352 g/mol. The van der Waals surface area contributed by atoms with Crippen LogP contribution in [-0.4, -0.2) is 21.4 Å². The van der Waals surface area contributed by atoms with Gasteiger partial charge in [-0.1, -0.05) is 36.4 Å². The first-order valence-corrected chi connectivity index (χ1v) is 8.96. The number of nitrogens with zero attached hydrogens (tertiary/aromatic N) is 4. The van der Waals surface area contributed by atoms with Crippen LogP contribution >= 0.6 is 0 Å². The predicted octanol–water partition coefficient (Wildman–Crippen LogP) is 6.06. The van der Waals surface area contributed by atoms with Gasteiger partial charge in [0.2, 0.25) is 0 Å². The Balaban J connectivity index is 1.62. The molecule has 0 saturated heterocycles. The van der Waals surface area contributed by atoms with Crippen LogP contribution in [0.3, 0.4) is 0 Å². The van der Waals surface area contributed by atoms with Gasteiger partial charge >= 0.3 is 0 Å². The Morgan fingerprint density at radius 1 is 0.667 bits per heavy atom. The highest BCUT2D eigenvalue weighted by Crippen LogP contribution is 2.26. The molecule has 2 aromatic heterocycles. The smallest absolute Gasteiger partial charge is 0.0738 e. The molecule has 0 bridgehead atoms. The van der Waals surface area contributed by atoms with E-state index in [1.54, 1.807) is 12.4 Å². The summed E-state index contributed by atoms with van der Waals surface area (Å²) in [6.45, 7) is 4.08. The van der Waals surface area contributed by atoms with E-state index < -0.39 is 0 Å². The Labute approximate surface area is 158 Å². The lowest BCUT2D eigenvalue weighted by molar-refractivity contribution is 1.35. The fourth-order valence-electron chi connectivity index (χ4n) is 3.22. The molecule has 0 unspecified atom stereocenters. The summed E-state index contributed by atoms with van der Waals surface area (Å²) in [4.78, 5) is 18.4. The van der Waals surface area contributed by atoms with Crippen LogP contribution in [0.15, 0.2) is 83.0 Å². The summed E-state index contributed by atoms with van der Waals surface area (Å²) >= 11 is 0. The van der Waals surface area contributed by atoms with Gasteiger partial charge in [-0.25, -0.2) is 0 Å². The molecular weight excluding hydrogens is 332 g/mol. The Bertz CT molecular complexity index is 1070. The van der Waals surface area contributed by atoms with E-state index in [1.165, 1.54) is 0 Å². The summed E-state index contributed by atoms with van der Waals surface area (Å²) in [7, 11) is 0. The first-order valence-electron chi connectivity index (χ1n) is 8.96. The molecule has 4 aromatic rings. The van der Waals surface area contributed by atoms with Gasteiger partial charge in [-0.05, 0) is 38.1 Å². The number of aliphatic imine (C=N–C) groups is 2. The number of pyridine rings is 2. The molecule has 0 aliphatic rings. The van der Waals surface area contributed by atoms with Gasteiger partial charge in [0.1, 0.15) is 0 Å². The third kappa shape index (κ3) is 3.75. The maximum atomic E-state index is 4.81. The summed E-state index contributed by atoms with van der Waals surface area (Å²) in [6, 6.07) is 20.0. The third-order valence-electron chi connectivity index (χ3n) is 4.39. The molecule has 4 nitrogen and oxygen atoms in total. The molecule has 0 atom stereocenters. The summed E-state index contributed by atoms with van der Waals surface area (Å²) in [6.07, 6.45) is 4.32. The zero-order valence-corrected chi connectivity index (χ0v) is 15.4. The Morgan fingerprint density at radius 3 is 1.59 bits per heavy atom. The molecule has 27 heavy (non-hydrogen) atoms. The van der Waals surface area contributed by atoms with Gasteiger partial charge in [-0.15, -0.1) is 0 Å². The SMILES string of the molecule is CC(CC(C)=Nc1ccnc2ccccc12)=Nc1ccnc2ccccc12. The van der Waals surface area contributed by atoms with E-state index in [1.807, 2.05) is 62.4 Å². The monoisotopic (exact) mass is 352 g/mol. The van der Waals surface area contributed by atoms with Crippen LogP contribution in [-0.2, 0) is 0 Å². The van der Waals surface area contributed by atoms with E-state index in [0.29, 0.717) is 6.42 Å². The first-order chi connectivity index (χ1) is 13.2. The molecule has 0 saturated carbocycles. The van der Waals surface area contributed by atoms with Crippen LogP contribution in [0.5, 0.6) is 0 Å². The van der Waals surface area contributed by atoms with E-state index in [9.17, 15) is 0 Å². The first kappa shape index (κ1) is 17.0. The van der Waals surface area contributed by atoms with Crippen LogP contribution in [0.25, 0.3) is 21.8 Å². The molecule has 2 heterocycles. The number of rotatable bonds is 4. The van der Waals surface area contributed by atoms with E-state index in [2.05, 4.69) is 22.1 Å². The molecule has 2 aromatic carbocycles. The highest BCUT2D eigenvalue weighted by molar-refractivity contribution is 6.06. The van der Waals surface area contributed by atoms with Crippen LogP contribution in [0.4, 0.5) is 11.4 Å². The van der Waals surface area contributed by atoms with Crippen molar-refractivity contribution in [3.05, 3.63) is 73.1 Å². The summed E-state index contributed by atoms with van der Waals surface area (Å²) in [5.74, 6) is 0. The van der Waals surface area contributed by atoms with Crippen molar-refractivity contribution in [1.29, 1.82) is 0 Å². The normalized spacial score (nSPS) is 12.7. The Kier molecular flexibility index (Phi) is 4.71. The summed E-state index contributed by atoms with van der Waals surface area (Å²) in [5, 5.41) is 2.13. The number of benzene rings is 2. The minimum Gasteiger partial charge on any atom is -0.257 e. The van der Waals surface area contributed by atoms with Gasteiger partial charge in [-0.2, -0.15) is 0 Å². The van der Waals surface area contributed by atoms with E-state index in [0.717, 1.165) is 44.6 Å². The molecule has 0 fully saturated rings. The second-order valence-electron chi connectivity index (χ2n) is 6.57. The van der Waals surface area contributed by atoms with Gasteiger partial charge in [0, 0.05) is 41.0 Å². The largest absolute Gasteiger partial charge is 0.257 e. The van der Waals surface area contributed by atoms with Crippen molar-refractivity contribution < 1.29 is 0 Å². The van der Waals surface area contributed by atoms with Crippen molar-refractivity contribution >= 4 is 44.6 Å². The number of aromatic nitrogens is 2. The highest BCUT2D eigenvalue weighted by atomic mass is 14.8. The molecule has 0 amide bonds. The van der Waals surface area contributed by atoms with Gasteiger partial charge < -0.3 is 0 Å². The van der Waals surface area contributed by atoms with Crippen molar-refractivity contribution in [3.63, 3.8) is 0 Å². The van der Waals surface area contributed by atoms with Crippen LogP contribution < -0.4 is 0 Å². The number of hydrogen-bond acceptors (Lipinski definition) is 4. The molecule has 0 aliphatic carbocycles. The van der Waals surface area contributed by atoms with Gasteiger partial charge in [0.25, 0.3) is 0 Å². The summed E-state index contributed by atoms with van der Waals surface area (Å²) in [5.41, 5.74) is 5.85. The quantitative estimate of drug-likeness (QED) is 0.419. The zero-order chi connectivity index (χ0) is 18.6. The van der Waals surface area contributed by atoms with Crippen molar-refractivity contribution in [3.8, 4) is 0 Å².